The molecule has 2 nitrogen and oxygen atoms in total. The maximum absolute atomic E-state index is 13.3. The lowest BCUT2D eigenvalue weighted by Crippen LogP contribution is -2.23. The normalized spacial score (nSPS) is 18.1. The van der Waals surface area contributed by atoms with Crippen LogP contribution < -0.4 is 5.32 Å². The number of fused-ring (bicyclic) bond motifs is 1. The smallest absolute Gasteiger partial charge is 0.137 e. The van der Waals surface area contributed by atoms with Gasteiger partial charge < -0.3 is 5.32 Å². The highest BCUT2D eigenvalue weighted by Crippen LogP contribution is 2.38. The van der Waals surface area contributed by atoms with Crippen LogP contribution in [0.25, 0.3) is 10.6 Å². The Balaban J connectivity index is 1.97. The summed E-state index contributed by atoms with van der Waals surface area (Å²) < 4.78 is 13.8. The van der Waals surface area contributed by atoms with Crippen LogP contribution in [0.3, 0.4) is 0 Å². The lowest BCUT2D eigenvalue weighted by Gasteiger charge is -2.21. The average Bonchev–Trinajstić information content (AvgIpc) is 2.87. The van der Waals surface area contributed by atoms with Gasteiger partial charge in [-0.2, -0.15) is 0 Å². The first-order valence-corrected chi connectivity index (χ1v) is 8.48. The Labute approximate surface area is 130 Å². The molecule has 106 valence electrons. The van der Waals surface area contributed by atoms with Crippen molar-refractivity contribution in [3.8, 4) is 10.6 Å². The molecule has 0 aliphatic heterocycles. The zero-order valence-corrected chi connectivity index (χ0v) is 13.7. The molecule has 1 N–H and O–H groups in total. The van der Waals surface area contributed by atoms with Crippen molar-refractivity contribution >= 4 is 27.3 Å². The molecule has 3 rings (SSSR count). The van der Waals surface area contributed by atoms with E-state index in [0.717, 1.165) is 23.5 Å². The van der Waals surface area contributed by atoms with E-state index < -0.39 is 0 Å². The van der Waals surface area contributed by atoms with Crippen LogP contribution in [0.1, 0.15) is 36.4 Å². The summed E-state index contributed by atoms with van der Waals surface area (Å²) in [7, 11) is 0. The quantitative estimate of drug-likeness (QED) is 0.863. The second-order valence-electron chi connectivity index (χ2n) is 4.96. The van der Waals surface area contributed by atoms with Crippen LogP contribution in [0.15, 0.2) is 22.7 Å². The van der Waals surface area contributed by atoms with Crippen molar-refractivity contribution in [3.05, 3.63) is 39.1 Å². The Morgan fingerprint density at radius 1 is 1.50 bits per heavy atom. The van der Waals surface area contributed by atoms with Gasteiger partial charge in [-0.05, 0) is 59.9 Å². The van der Waals surface area contributed by atoms with E-state index in [-0.39, 0.29) is 5.82 Å². The maximum atomic E-state index is 13.3. The average molecular weight is 355 g/mol. The monoisotopic (exact) mass is 354 g/mol. The number of hydrogen-bond donors (Lipinski definition) is 1. The molecule has 0 amide bonds. The fraction of sp³-hybridized carbons (Fsp3) is 0.400. The zero-order chi connectivity index (χ0) is 14.1. The van der Waals surface area contributed by atoms with Crippen molar-refractivity contribution in [2.75, 3.05) is 6.54 Å². The fourth-order valence-corrected chi connectivity index (χ4v) is 4.21. The number of aryl methyl sites for hydroxylation is 1. The molecule has 1 aromatic carbocycles. The molecular weight excluding hydrogens is 339 g/mol. The van der Waals surface area contributed by atoms with E-state index in [0.29, 0.717) is 10.5 Å². The number of rotatable bonds is 3. The van der Waals surface area contributed by atoms with Gasteiger partial charge in [0, 0.05) is 16.5 Å². The van der Waals surface area contributed by atoms with Crippen LogP contribution in [0, 0.1) is 5.82 Å². The molecule has 0 saturated heterocycles. The molecule has 1 heterocycles. The van der Waals surface area contributed by atoms with Crippen LogP contribution in [-0.2, 0) is 6.42 Å². The third-order valence-electron chi connectivity index (χ3n) is 3.57. The Bertz CT molecular complexity index is 626. The van der Waals surface area contributed by atoms with E-state index in [1.165, 1.54) is 29.5 Å². The van der Waals surface area contributed by atoms with Crippen LogP contribution in [-0.4, -0.2) is 11.5 Å². The maximum Gasteiger partial charge on any atom is 0.137 e. The zero-order valence-electron chi connectivity index (χ0n) is 11.2. The summed E-state index contributed by atoms with van der Waals surface area (Å²) in [5.74, 6) is -0.236. The second kappa shape index (κ2) is 5.92. The third-order valence-corrected chi connectivity index (χ3v) is 5.44. The number of hydrogen-bond acceptors (Lipinski definition) is 3. The first-order valence-electron chi connectivity index (χ1n) is 6.87. The number of benzene rings is 1. The summed E-state index contributed by atoms with van der Waals surface area (Å²) in [6.45, 7) is 3.10. The third kappa shape index (κ3) is 2.67. The minimum atomic E-state index is -0.236. The van der Waals surface area contributed by atoms with Crippen molar-refractivity contribution < 1.29 is 4.39 Å². The van der Waals surface area contributed by atoms with Gasteiger partial charge in [0.15, 0.2) is 0 Å². The molecule has 1 atom stereocenters. The molecule has 2 aromatic rings. The molecule has 5 heteroatoms. The van der Waals surface area contributed by atoms with Crippen molar-refractivity contribution in [2.24, 2.45) is 0 Å². The second-order valence-corrected chi connectivity index (χ2v) is 6.85. The summed E-state index contributed by atoms with van der Waals surface area (Å²) in [6, 6.07) is 5.52. The number of thiazole rings is 1. The van der Waals surface area contributed by atoms with Crippen LogP contribution in [0.4, 0.5) is 4.39 Å². The summed E-state index contributed by atoms with van der Waals surface area (Å²) in [5.41, 5.74) is 2.19. The first-order chi connectivity index (χ1) is 9.69. The minimum Gasteiger partial charge on any atom is -0.309 e. The lowest BCUT2D eigenvalue weighted by atomic mass is 9.98. The molecule has 0 saturated carbocycles. The van der Waals surface area contributed by atoms with Gasteiger partial charge in [-0.25, -0.2) is 9.37 Å². The SMILES string of the molecule is CCNC1CCCc2nc(-c3ccc(F)c(Br)c3)sc21. The molecule has 1 unspecified atom stereocenters. The van der Waals surface area contributed by atoms with E-state index >= 15 is 0 Å². The van der Waals surface area contributed by atoms with Gasteiger partial charge >= 0.3 is 0 Å². The van der Waals surface area contributed by atoms with Crippen LogP contribution in [0.2, 0.25) is 0 Å². The summed E-state index contributed by atoms with van der Waals surface area (Å²) in [4.78, 5) is 6.11. The van der Waals surface area contributed by atoms with Gasteiger partial charge in [0.1, 0.15) is 10.8 Å². The molecule has 0 fully saturated rings. The largest absolute Gasteiger partial charge is 0.309 e. The highest BCUT2D eigenvalue weighted by molar-refractivity contribution is 9.10. The van der Waals surface area contributed by atoms with Crippen LogP contribution in [0.5, 0.6) is 0 Å². The van der Waals surface area contributed by atoms with E-state index in [9.17, 15) is 4.39 Å². The number of nitrogens with zero attached hydrogens (tertiary/aromatic N) is 1. The first kappa shape index (κ1) is 14.2. The Morgan fingerprint density at radius 2 is 2.35 bits per heavy atom. The molecule has 0 bridgehead atoms. The molecule has 20 heavy (non-hydrogen) atoms. The molecule has 0 spiro atoms. The lowest BCUT2D eigenvalue weighted by molar-refractivity contribution is 0.476. The van der Waals surface area contributed by atoms with Gasteiger partial charge in [-0.3, -0.25) is 0 Å². The van der Waals surface area contributed by atoms with Gasteiger partial charge in [0.2, 0.25) is 0 Å². The Morgan fingerprint density at radius 3 is 3.10 bits per heavy atom. The summed E-state index contributed by atoms with van der Waals surface area (Å²) in [6.07, 6.45) is 3.41. The van der Waals surface area contributed by atoms with Crippen LogP contribution >= 0.6 is 27.3 Å². The van der Waals surface area contributed by atoms with Gasteiger partial charge in [-0.1, -0.05) is 6.92 Å². The molecule has 1 aliphatic rings. The Kier molecular flexibility index (Phi) is 4.19. The summed E-state index contributed by atoms with van der Waals surface area (Å²) in [5, 5.41) is 4.51. The molecule has 1 aromatic heterocycles. The summed E-state index contributed by atoms with van der Waals surface area (Å²) >= 11 is 4.98. The molecule has 0 radical (unpaired) electrons. The van der Waals surface area contributed by atoms with Crippen molar-refractivity contribution in [3.63, 3.8) is 0 Å². The van der Waals surface area contributed by atoms with Gasteiger partial charge in [-0.15, -0.1) is 11.3 Å². The predicted molar refractivity (Wildman–Crippen MR) is 84.6 cm³/mol. The number of aromatic nitrogens is 1. The number of halogens is 2. The predicted octanol–water partition coefficient (Wildman–Crippen LogP) is 4.70. The van der Waals surface area contributed by atoms with Gasteiger partial charge in [0.25, 0.3) is 0 Å². The van der Waals surface area contributed by atoms with Gasteiger partial charge in [0.05, 0.1) is 10.2 Å². The molecule has 1 aliphatic carbocycles. The molecular formula is C15H16BrFN2S. The van der Waals surface area contributed by atoms with Crippen molar-refractivity contribution in [1.29, 1.82) is 0 Å². The standard InChI is InChI=1S/C15H16BrFN2S/c1-2-18-12-4-3-5-13-14(12)20-15(19-13)9-6-7-11(17)10(16)8-9/h6-8,12,18H,2-5H2,1H3. The van der Waals surface area contributed by atoms with E-state index in [1.54, 1.807) is 17.4 Å². The van der Waals surface area contributed by atoms with E-state index in [1.807, 2.05) is 6.07 Å². The Hall–Kier alpha value is -0.780. The minimum absolute atomic E-state index is 0.236. The highest BCUT2D eigenvalue weighted by Gasteiger charge is 2.24. The fourth-order valence-electron chi connectivity index (χ4n) is 2.61. The van der Waals surface area contributed by atoms with Crippen molar-refractivity contribution in [2.45, 2.75) is 32.2 Å². The number of nitrogens with one attached hydrogen (secondary N) is 1. The van der Waals surface area contributed by atoms with E-state index in [4.69, 9.17) is 4.98 Å². The van der Waals surface area contributed by atoms with E-state index in [2.05, 4.69) is 28.2 Å². The highest BCUT2D eigenvalue weighted by atomic mass is 79.9. The topological polar surface area (TPSA) is 24.9 Å². The van der Waals surface area contributed by atoms with Crippen molar-refractivity contribution in [1.82, 2.24) is 10.3 Å².